The van der Waals surface area contributed by atoms with Crippen LogP contribution in [0.2, 0.25) is 0 Å². The monoisotopic (exact) mass is 272 g/mol. The van der Waals surface area contributed by atoms with Gasteiger partial charge in [0.2, 0.25) is 0 Å². The molecular weight excluding hydrogens is 252 g/mol. The minimum Gasteiger partial charge on any atom is -0.465 e. The Balaban J connectivity index is 2.21. The topological polar surface area (TPSA) is 34.5 Å². The molecule has 0 atom stereocenters. The van der Waals surface area contributed by atoms with E-state index in [1.165, 1.54) is 18.2 Å². The fourth-order valence-electron chi connectivity index (χ4n) is 3.06. The molecule has 3 rings (SSSR count). The first kappa shape index (κ1) is 13.2. The standard InChI is InChI=1S/C16H20N2O2/c1-4-5-18-10-14(16(19)20-3)13-6-11-8-17(2)9-12(11)7-15(13)18/h6-7,10H,4-5,8-9H2,1-3H3. The second-order valence-electron chi connectivity index (χ2n) is 5.54. The molecular formula is C16H20N2O2. The van der Waals surface area contributed by atoms with E-state index in [1.807, 2.05) is 6.20 Å². The van der Waals surface area contributed by atoms with Crippen molar-refractivity contribution in [2.75, 3.05) is 14.2 Å². The molecule has 0 radical (unpaired) electrons. The van der Waals surface area contributed by atoms with Gasteiger partial charge in [-0.05, 0) is 36.7 Å². The number of rotatable bonds is 3. The predicted molar refractivity (Wildman–Crippen MR) is 78.7 cm³/mol. The van der Waals surface area contributed by atoms with Crippen LogP contribution in [0.5, 0.6) is 0 Å². The molecule has 4 heteroatoms. The van der Waals surface area contributed by atoms with Crippen molar-refractivity contribution in [1.82, 2.24) is 9.47 Å². The van der Waals surface area contributed by atoms with Crippen LogP contribution >= 0.6 is 0 Å². The molecule has 0 amide bonds. The van der Waals surface area contributed by atoms with Crippen molar-refractivity contribution in [3.8, 4) is 0 Å². The molecule has 2 heterocycles. The first-order valence-electron chi connectivity index (χ1n) is 7.05. The van der Waals surface area contributed by atoms with Gasteiger partial charge in [-0.2, -0.15) is 0 Å². The largest absolute Gasteiger partial charge is 0.465 e. The minimum atomic E-state index is -0.254. The Kier molecular flexibility index (Phi) is 3.26. The van der Waals surface area contributed by atoms with Crippen LogP contribution < -0.4 is 0 Å². The quantitative estimate of drug-likeness (QED) is 0.806. The third-order valence-corrected chi connectivity index (χ3v) is 3.95. The molecule has 20 heavy (non-hydrogen) atoms. The minimum absolute atomic E-state index is 0.254. The number of aryl methyl sites for hydroxylation is 1. The van der Waals surface area contributed by atoms with Crippen molar-refractivity contribution >= 4 is 16.9 Å². The first-order chi connectivity index (χ1) is 9.63. The average molecular weight is 272 g/mol. The number of hydrogen-bond acceptors (Lipinski definition) is 3. The number of benzene rings is 1. The Bertz CT molecular complexity index is 673. The Labute approximate surface area is 118 Å². The molecule has 1 aliphatic heterocycles. The lowest BCUT2D eigenvalue weighted by Crippen LogP contribution is -2.07. The van der Waals surface area contributed by atoms with Gasteiger partial charge in [0.1, 0.15) is 0 Å². The smallest absolute Gasteiger partial charge is 0.340 e. The maximum Gasteiger partial charge on any atom is 0.340 e. The molecule has 0 spiro atoms. The molecule has 1 aromatic heterocycles. The third kappa shape index (κ3) is 2.00. The van der Waals surface area contributed by atoms with E-state index >= 15 is 0 Å². The molecule has 0 bridgehead atoms. The third-order valence-electron chi connectivity index (χ3n) is 3.95. The van der Waals surface area contributed by atoms with Crippen LogP contribution in [-0.2, 0) is 24.4 Å². The zero-order valence-corrected chi connectivity index (χ0v) is 12.3. The van der Waals surface area contributed by atoms with E-state index in [-0.39, 0.29) is 5.97 Å². The number of esters is 1. The molecule has 0 fully saturated rings. The highest BCUT2D eigenvalue weighted by Crippen LogP contribution is 2.30. The number of methoxy groups -OCH3 is 1. The maximum atomic E-state index is 12.0. The molecule has 2 aromatic rings. The number of hydrogen-bond donors (Lipinski definition) is 0. The van der Waals surface area contributed by atoms with Gasteiger partial charge in [0, 0.05) is 36.7 Å². The fourth-order valence-corrected chi connectivity index (χ4v) is 3.06. The summed E-state index contributed by atoms with van der Waals surface area (Å²) in [7, 11) is 3.55. The highest BCUT2D eigenvalue weighted by molar-refractivity contribution is 6.04. The number of fused-ring (bicyclic) bond motifs is 2. The summed E-state index contributed by atoms with van der Waals surface area (Å²) >= 11 is 0. The Morgan fingerprint density at radius 3 is 2.65 bits per heavy atom. The van der Waals surface area contributed by atoms with Crippen molar-refractivity contribution in [1.29, 1.82) is 0 Å². The molecule has 0 N–H and O–H groups in total. The lowest BCUT2D eigenvalue weighted by Gasteiger charge is -2.04. The van der Waals surface area contributed by atoms with Gasteiger partial charge < -0.3 is 9.30 Å². The summed E-state index contributed by atoms with van der Waals surface area (Å²) in [6.45, 7) is 4.99. The van der Waals surface area contributed by atoms with Gasteiger partial charge in [-0.25, -0.2) is 4.79 Å². The maximum absolute atomic E-state index is 12.0. The molecule has 0 unspecified atom stereocenters. The van der Waals surface area contributed by atoms with Crippen LogP contribution in [0, 0.1) is 0 Å². The van der Waals surface area contributed by atoms with Gasteiger partial charge in [-0.3, -0.25) is 4.90 Å². The average Bonchev–Trinajstić information content (AvgIpc) is 2.95. The Hall–Kier alpha value is -1.81. The number of aromatic nitrogens is 1. The van der Waals surface area contributed by atoms with Crippen molar-refractivity contribution in [2.45, 2.75) is 33.0 Å². The summed E-state index contributed by atoms with van der Waals surface area (Å²) in [4.78, 5) is 14.2. The van der Waals surface area contributed by atoms with E-state index < -0.39 is 0 Å². The van der Waals surface area contributed by atoms with Crippen LogP contribution in [0.4, 0.5) is 0 Å². The highest BCUT2D eigenvalue weighted by atomic mass is 16.5. The van der Waals surface area contributed by atoms with E-state index in [2.05, 4.69) is 35.6 Å². The van der Waals surface area contributed by atoms with Gasteiger partial charge in [0.25, 0.3) is 0 Å². The molecule has 4 nitrogen and oxygen atoms in total. The molecule has 1 aliphatic rings. The van der Waals surface area contributed by atoms with Crippen LogP contribution in [-0.4, -0.2) is 29.6 Å². The van der Waals surface area contributed by atoms with Crippen molar-refractivity contribution < 1.29 is 9.53 Å². The lowest BCUT2D eigenvalue weighted by molar-refractivity contribution is 0.0602. The number of nitrogens with zero attached hydrogens (tertiary/aromatic N) is 2. The summed E-state index contributed by atoms with van der Waals surface area (Å²) in [5, 5.41) is 1.01. The highest BCUT2D eigenvalue weighted by Gasteiger charge is 2.21. The molecule has 0 saturated carbocycles. The van der Waals surface area contributed by atoms with Crippen molar-refractivity contribution in [2.24, 2.45) is 0 Å². The molecule has 1 aromatic carbocycles. The van der Waals surface area contributed by atoms with E-state index in [9.17, 15) is 4.79 Å². The zero-order valence-electron chi connectivity index (χ0n) is 12.3. The van der Waals surface area contributed by atoms with E-state index in [0.717, 1.165) is 37.0 Å². The van der Waals surface area contributed by atoms with Crippen LogP contribution in [0.15, 0.2) is 18.3 Å². The second kappa shape index (κ2) is 4.94. The number of carbonyl (C=O) groups is 1. The number of ether oxygens (including phenoxy) is 1. The first-order valence-corrected chi connectivity index (χ1v) is 7.05. The van der Waals surface area contributed by atoms with Gasteiger partial charge in [0.05, 0.1) is 12.7 Å². The summed E-state index contributed by atoms with van der Waals surface area (Å²) in [6, 6.07) is 4.39. The molecule has 0 aliphatic carbocycles. The molecule has 106 valence electrons. The van der Waals surface area contributed by atoms with Crippen LogP contribution in [0.1, 0.15) is 34.8 Å². The van der Waals surface area contributed by atoms with Crippen molar-refractivity contribution in [3.05, 3.63) is 35.0 Å². The summed E-state index contributed by atoms with van der Waals surface area (Å²) in [5.41, 5.74) is 4.50. The Morgan fingerprint density at radius 2 is 2.00 bits per heavy atom. The van der Waals surface area contributed by atoms with E-state index in [4.69, 9.17) is 4.74 Å². The normalized spacial score (nSPS) is 14.8. The zero-order chi connectivity index (χ0) is 14.3. The summed E-state index contributed by atoms with van der Waals surface area (Å²) < 4.78 is 7.08. The van der Waals surface area contributed by atoms with Gasteiger partial charge in [-0.1, -0.05) is 6.92 Å². The van der Waals surface area contributed by atoms with Gasteiger partial charge in [-0.15, -0.1) is 0 Å². The van der Waals surface area contributed by atoms with Crippen molar-refractivity contribution in [3.63, 3.8) is 0 Å². The lowest BCUT2D eigenvalue weighted by atomic mass is 10.1. The van der Waals surface area contributed by atoms with Gasteiger partial charge in [0.15, 0.2) is 0 Å². The summed E-state index contributed by atoms with van der Waals surface area (Å²) in [6.07, 6.45) is 2.97. The van der Waals surface area contributed by atoms with E-state index in [1.54, 1.807) is 0 Å². The second-order valence-corrected chi connectivity index (χ2v) is 5.54. The Morgan fingerprint density at radius 1 is 1.30 bits per heavy atom. The van der Waals surface area contributed by atoms with E-state index in [0.29, 0.717) is 5.56 Å². The van der Waals surface area contributed by atoms with Crippen LogP contribution in [0.25, 0.3) is 10.9 Å². The van der Waals surface area contributed by atoms with Crippen LogP contribution in [0.3, 0.4) is 0 Å². The van der Waals surface area contributed by atoms with Gasteiger partial charge >= 0.3 is 5.97 Å². The predicted octanol–water partition coefficient (Wildman–Crippen LogP) is 2.78. The number of carbonyl (C=O) groups excluding carboxylic acids is 1. The summed E-state index contributed by atoms with van der Waals surface area (Å²) in [5.74, 6) is -0.254. The molecule has 0 saturated heterocycles. The SMILES string of the molecule is CCCn1cc(C(=O)OC)c2cc3c(cc21)CN(C)C3. The fraction of sp³-hybridized carbons (Fsp3) is 0.438.